The Morgan fingerprint density at radius 3 is 1.24 bits per heavy atom. The van der Waals surface area contributed by atoms with Gasteiger partial charge >= 0.3 is 53.8 Å². The molecule has 6 atom stereocenters. The molecule has 26 heteroatoms. The van der Waals surface area contributed by atoms with Crippen LogP contribution in [0.2, 0.25) is 0 Å². The summed E-state index contributed by atoms with van der Waals surface area (Å²) < 4.78 is 0. The lowest BCUT2D eigenvalue weighted by atomic mass is 10.0. The monoisotopic (exact) mass is 860 g/mol. The Kier molecular flexibility index (Phi) is 37.9. The van der Waals surface area contributed by atoms with Crippen LogP contribution in [-0.2, 0) is 38.4 Å². The third-order valence-corrected chi connectivity index (χ3v) is 7.62. The lowest BCUT2D eigenvalue weighted by Gasteiger charge is -2.18. The van der Waals surface area contributed by atoms with Crippen molar-refractivity contribution >= 4 is 53.8 Å². The summed E-state index contributed by atoms with van der Waals surface area (Å²) in [5, 5.41) is 82.8. The zero-order valence-corrected chi connectivity index (χ0v) is 32.9. The number of hydrogen-bond donors (Lipinski definition) is 17. The van der Waals surface area contributed by atoms with E-state index in [1.54, 1.807) is 0 Å². The Morgan fingerprint density at radius 1 is 0.576 bits per heavy atom. The van der Waals surface area contributed by atoms with E-state index in [1.807, 2.05) is 6.92 Å². The number of carboxylic acids is 8. The maximum Gasteiger partial charge on any atom is 0.320 e. The molecule has 0 aromatic rings. The molecule has 344 valence electrons. The molecule has 2 fully saturated rings. The minimum absolute atomic E-state index is 0.120. The second-order valence-electron chi connectivity index (χ2n) is 12.7. The van der Waals surface area contributed by atoms with Crippen molar-refractivity contribution in [2.45, 2.75) is 120 Å². The van der Waals surface area contributed by atoms with Crippen LogP contribution in [0, 0.1) is 5.92 Å². The Morgan fingerprint density at radius 2 is 0.966 bits per heavy atom. The number of piperidine rings is 1. The lowest BCUT2D eigenvalue weighted by molar-refractivity contribution is -0.156. The van der Waals surface area contributed by atoms with Crippen molar-refractivity contribution in [3.63, 3.8) is 0 Å². The average Bonchev–Trinajstić information content (AvgIpc) is 3.72. The number of carbonyl (C=O) groups excluding carboxylic acids is 1. The summed E-state index contributed by atoms with van der Waals surface area (Å²) in [5.74, 6) is -10.8. The van der Waals surface area contributed by atoms with E-state index >= 15 is 0 Å². The summed E-state index contributed by atoms with van der Waals surface area (Å²) >= 11 is 0. The summed E-state index contributed by atoms with van der Waals surface area (Å²) in [6, 6.07) is -5.07. The molecule has 0 spiro atoms. The highest BCUT2D eigenvalue weighted by atomic mass is 16.4. The molecule has 2 saturated heterocycles. The molecule has 59 heavy (non-hydrogen) atoms. The van der Waals surface area contributed by atoms with Gasteiger partial charge in [-0.1, -0.05) is 26.2 Å². The fourth-order valence-electron chi connectivity index (χ4n) is 4.09. The molecular weight excluding hydrogens is 796 g/mol. The number of carboxylic acid groups (broad SMARTS) is 8. The number of urea groups is 1. The maximum absolute atomic E-state index is 10.3. The van der Waals surface area contributed by atoms with Crippen molar-refractivity contribution in [2.24, 2.45) is 34.6 Å². The van der Waals surface area contributed by atoms with Crippen LogP contribution in [0.5, 0.6) is 0 Å². The Labute approximate surface area is 339 Å². The van der Waals surface area contributed by atoms with Crippen molar-refractivity contribution in [1.29, 1.82) is 0 Å². The van der Waals surface area contributed by atoms with Gasteiger partial charge in [0.25, 0.3) is 0 Å². The van der Waals surface area contributed by atoms with Crippen LogP contribution in [0.25, 0.3) is 0 Å². The molecular formula is C33H64N8O18. The normalized spacial score (nSPS) is 17.1. The van der Waals surface area contributed by atoms with E-state index in [9.17, 15) is 43.2 Å². The fourth-order valence-corrected chi connectivity index (χ4v) is 4.09. The van der Waals surface area contributed by atoms with Gasteiger partial charge in [0.05, 0.1) is 0 Å². The van der Waals surface area contributed by atoms with Gasteiger partial charge in [0.2, 0.25) is 0 Å². The molecule has 0 aromatic heterocycles. The molecule has 2 heterocycles. The molecule has 2 rings (SSSR count). The Balaban J connectivity index is -0.000000310. The van der Waals surface area contributed by atoms with Crippen molar-refractivity contribution in [3.05, 3.63) is 0 Å². The molecule has 0 aromatic carbocycles. The highest BCUT2D eigenvalue weighted by Crippen LogP contribution is 2.07. The number of rotatable bonds is 19. The molecule has 26 nitrogen and oxygen atoms in total. The maximum atomic E-state index is 10.3. The number of aliphatic carboxylic acids is 8. The van der Waals surface area contributed by atoms with Crippen LogP contribution >= 0.6 is 0 Å². The van der Waals surface area contributed by atoms with Crippen LogP contribution in [-0.4, -0.2) is 162 Å². The van der Waals surface area contributed by atoms with Crippen molar-refractivity contribution in [1.82, 2.24) is 16.0 Å². The van der Waals surface area contributed by atoms with Gasteiger partial charge in [-0.3, -0.25) is 38.4 Å². The summed E-state index contributed by atoms with van der Waals surface area (Å²) in [5.41, 5.74) is 25.1. The molecule has 6 unspecified atom stereocenters. The number of aliphatic hydroxyl groups is 1. The quantitative estimate of drug-likeness (QED) is 0.0450. The highest BCUT2D eigenvalue weighted by molar-refractivity contribution is 5.93. The van der Waals surface area contributed by atoms with Gasteiger partial charge in [-0.05, 0) is 70.9 Å². The van der Waals surface area contributed by atoms with Gasteiger partial charge in [0, 0.05) is 13.2 Å². The van der Waals surface area contributed by atoms with Crippen LogP contribution < -0.4 is 44.6 Å². The van der Waals surface area contributed by atoms with Gasteiger partial charge in [-0.25, -0.2) is 4.79 Å². The molecule has 0 saturated carbocycles. The van der Waals surface area contributed by atoms with Gasteiger partial charge < -0.3 is 90.6 Å². The summed E-state index contributed by atoms with van der Waals surface area (Å²) in [6.07, 6.45) is 7.55. The van der Waals surface area contributed by atoms with E-state index in [0.29, 0.717) is 25.8 Å². The first-order chi connectivity index (χ1) is 27.4. The first kappa shape index (κ1) is 60.4. The fraction of sp³-hybridized carbons (Fsp3) is 0.727. The van der Waals surface area contributed by atoms with Crippen LogP contribution in [0.1, 0.15) is 84.0 Å². The number of aliphatic hydroxyl groups excluding tert-OH is 1. The largest absolute Gasteiger partial charge is 0.481 e. The number of carbonyl (C=O) groups is 9. The van der Waals surface area contributed by atoms with Gasteiger partial charge in [-0.2, -0.15) is 0 Å². The molecule has 2 aliphatic heterocycles. The number of amides is 2. The minimum Gasteiger partial charge on any atom is -0.481 e. The first-order valence-electron chi connectivity index (χ1n) is 18.3. The third kappa shape index (κ3) is 38.1. The molecule has 0 aliphatic carbocycles. The smallest absolute Gasteiger partial charge is 0.320 e. The second kappa shape index (κ2) is 37.0. The van der Waals surface area contributed by atoms with E-state index in [2.05, 4.69) is 16.0 Å². The zero-order valence-electron chi connectivity index (χ0n) is 32.9. The minimum atomic E-state index is -1.77. The second-order valence-corrected chi connectivity index (χ2v) is 12.7. The number of primary amides is 1. The standard InChI is InChI=1S/C6H13N3O3.C6H9NO6.C6H11NO2.C6H13NO2.C5H9NO2.C4H9NO3/c7-4(5(10)11)2-1-3-9-6(8)12;7-3(6(12)13)1-2(4(8)9)5(10)11;8-6(9)5-3-1-2-4-7-5;1-2-3-4-5(7)6(8)9;7-5(8)4-2-1-3-6-4;5-3(1-2-6)4(7)8/h4H,1-3,7H2,(H,10,11)(H3,8,9,12);2-3H,1,7H2,(H,8,9)(H,10,11)(H,12,13);5,7H,1-4H2,(H,8,9);5H,2-4,7H2,1H3,(H,8,9);4,6H,1-3H2,(H,7,8);3,6H,1-2,5H2,(H,7,8). The van der Waals surface area contributed by atoms with E-state index < -0.39 is 90.3 Å². The number of nitrogens with two attached hydrogens (primary N) is 5. The van der Waals surface area contributed by atoms with Crippen molar-refractivity contribution in [2.75, 3.05) is 26.2 Å². The van der Waals surface area contributed by atoms with E-state index in [0.717, 1.165) is 58.0 Å². The molecule has 0 bridgehead atoms. The predicted octanol–water partition coefficient (Wildman–Crippen LogP) is -3.17. The summed E-state index contributed by atoms with van der Waals surface area (Å²) in [4.78, 5) is 91.4. The van der Waals surface area contributed by atoms with Crippen molar-refractivity contribution in [3.8, 4) is 0 Å². The van der Waals surface area contributed by atoms with Gasteiger partial charge in [0.1, 0.15) is 36.3 Å². The van der Waals surface area contributed by atoms with Crippen molar-refractivity contribution < 1.29 is 89.1 Å². The lowest BCUT2D eigenvalue weighted by Crippen LogP contribution is -2.40. The topological polar surface area (TPSA) is 502 Å². The zero-order chi connectivity index (χ0) is 46.7. The summed E-state index contributed by atoms with van der Waals surface area (Å²) in [6.45, 7) is 3.91. The molecule has 2 amide bonds. The van der Waals surface area contributed by atoms with Gasteiger partial charge in [-0.15, -0.1) is 0 Å². The van der Waals surface area contributed by atoms with Crippen LogP contribution in [0.3, 0.4) is 0 Å². The number of unbranched alkanes of at least 4 members (excludes halogenated alkanes) is 1. The van der Waals surface area contributed by atoms with E-state index in [-0.39, 0.29) is 25.1 Å². The predicted molar refractivity (Wildman–Crippen MR) is 206 cm³/mol. The average molecular weight is 861 g/mol. The molecule has 22 N–H and O–H groups in total. The number of hydrogen-bond acceptors (Lipinski definition) is 16. The summed E-state index contributed by atoms with van der Waals surface area (Å²) in [7, 11) is 0. The Bertz CT molecular complexity index is 1250. The number of nitrogens with one attached hydrogen (secondary N) is 3. The highest BCUT2D eigenvalue weighted by Gasteiger charge is 2.30. The SMILES string of the molecule is CCCCC(N)C(=O)O.NC(=O)NCCCC(N)C(=O)O.NC(CC(C(=O)O)C(=O)O)C(=O)O.NC(CCO)C(=O)O.O=C(O)C1CCCCN1.O=C(O)C1CCCN1. The van der Waals surface area contributed by atoms with Crippen LogP contribution in [0.15, 0.2) is 0 Å². The third-order valence-electron chi connectivity index (χ3n) is 7.62. The molecule has 0 radical (unpaired) electrons. The van der Waals surface area contributed by atoms with Gasteiger partial charge in [0.15, 0.2) is 5.92 Å². The first-order valence-corrected chi connectivity index (χ1v) is 18.3. The van der Waals surface area contributed by atoms with E-state index in [4.69, 9.17) is 74.6 Å². The molecule has 2 aliphatic rings. The van der Waals surface area contributed by atoms with Crippen LogP contribution in [0.4, 0.5) is 4.79 Å². The van der Waals surface area contributed by atoms with E-state index in [1.165, 1.54) is 0 Å². The Hall–Kier alpha value is -5.25.